The standard InChI is InChI=1S/C15H16N4O2/c1-11-10-13(19(2)18-11)15(21)17-14-8-5-7-12(16-14)6-3-4-9-20/h5,7-8,10,20H,4,9H2,1-2H3,(H,16,17,21). The first-order chi connectivity index (χ1) is 10.1. The summed E-state index contributed by atoms with van der Waals surface area (Å²) < 4.78 is 1.52. The van der Waals surface area contributed by atoms with Crippen LogP contribution in [0.15, 0.2) is 24.3 Å². The second-order valence-electron chi connectivity index (χ2n) is 4.43. The predicted molar refractivity (Wildman–Crippen MR) is 78.7 cm³/mol. The first-order valence-corrected chi connectivity index (χ1v) is 6.49. The lowest BCUT2D eigenvalue weighted by molar-refractivity contribution is 0.101. The van der Waals surface area contributed by atoms with E-state index < -0.39 is 0 Å². The van der Waals surface area contributed by atoms with Crippen LogP contribution >= 0.6 is 0 Å². The molecular weight excluding hydrogens is 268 g/mol. The van der Waals surface area contributed by atoms with E-state index in [0.717, 1.165) is 5.69 Å². The zero-order valence-corrected chi connectivity index (χ0v) is 11.9. The highest BCUT2D eigenvalue weighted by atomic mass is 16.2. The van der Waals surface area contributed by atoms with Crippen molar-refractivity contribution in [2.45, 2.75) is 13.3 Å². The summed E-state index contributed by atoms with van der Waals surface area (Å²) in [4.78, 5) is 16.4. The molecule has 0 bridgehead atoms. The number of hydrogen-bond acceptors (Lipinski definition) is 4. The van der Waals surface area contributed by atoms with Gasteiger partial charge in [-0.25, -0.2) is 4.98 Å². The highest BCUT2D eigenvalue weighted by molar-refractivity contribution is 6.02. The number of carbonyl (C=O) groups is 1. The minimum atomic E-state index is -0.272. The van der Waals surface area contributed by atoms with Gasteiger partial charge in [0.05, 0.1) is 12.3 Å². The van der Waals surface area contributed by atoms with Gasteiger partial charge in [-0.15, -0.1) is 0 Å². The number of amides is 1. The lowest BCUT2D eigenvalue weighted by atomic mass is 10.3. The van der Waals surface area contributed by atoms with E-state index in [-0.39, 0.29) is 12.5 Å². The number of nitrogens with zero attached hydrogens (tertiary/aromatic N) is 3. The molecule has 0 aromatic carbocycles. The molecule has 2 aromatic rings. The lowest BCUT2D eigenvalue weighted by Crippen LogP contribution is -2.16. The molecule has 6 heteroatoms. The van der Waals surface area contributed by atoms with E-state index in [1.807, 2.05) is 6.92 Å². The zero-order valence-electron chi connectivity index (χ0n) is 11.9. The minimum absolute atomic E-state index is 0.0171. The molecule has 0 saturated heterocycles. The van der Waals surface area contributed by atoms with Crippen molar-refractivity contribution in [1.82, 2.24) is 14.8 Å². The molecule has 0 spiro atoms. The van der Waals surface area contributed by atoms with Gasteiger partial charge in [0.15, 0.2) is 0 Å². The summed E-state index contributed by atoms with van der Waals surface area (Å²) in [5.74, 6) is 5.76. The van der Waals surface area contributed by atoms with Crippen LogP contribution in [0.5, 0.6) is 0 Å². The average Bonchev–Trinajstić information content (AvgIpc) is 2.78. The molecule has 0 atom stereocenters. The number of aryl methyl sites for hydroxylation is 2. The van der Waals surface area contributed by atoms with Gasteiger partial charge in [-0.1, -0.05) is 12.0 Å². The number of pyridine rings is 1. The van der Waals surface area contributed by atoms with Gasteiger partial charge in [0.25, 0.3) is 5.91 Å². The van der Waals surface area contributed by atoms with Gasteiger partial charge in [0.1, 0.15) is 17.2 Å². The second kappa shape index (κ2) is 6.68. The van der Waals surface area contributed by atoms with Crippen molar-refractivity contribution in [2.75, 3.05) is 11.9 Å². The van der Waals surface area contributed by atoms with E-state index in [0.29, 0.717) is 23.6 Å². The van der Waals surface area contributed by atoms with Gasteiger partial charge in [-0.3, -0.25) is 9.48 Å². The molecule has 21 heavy (non-hydrogen) atoms. The number of aromatic nitrogens is 3. The Morgan fingerprint density at radius 1 is 1.48 bits per heavy atom. The molecule has 108 valence electrons. The molecule has 2 rings (SSSR count). The van der Waals surface area contributed by atoms with Crippen molar-refractivity contribution in [2.24, 2.45) is 7.05 Å². The molecule has 0 aliphatic rings. The van der Waals surface area contributed by atoms with Crippen LogP contribution in [0.4, 0.5) is 5.82 Å². The maximum absolute atomic E-state index is 12.1. The van der Waals surface area contributed by atoms with Crippen LogP contribution in [-0.2, 0) is 7.05 Å². The van der Waals surface area contributed by atoms with Crippen molar-refractivity contribution >= 4 is 11.7 Å². The van der Waals surface area contributed by atoms with Crippen molar-refractivity contribution < 1.29 is 9.90 Å². The van der Waals surface area contributed by atoms with Gasteiger partial charge in [-0.2, -0.15) is 5.10 Å². The number of aliphatic hydroxyl groups is 1. The van der Waals surface area contributed by atoms with Crippen LogP contribution in [0.1, 0.15) is 28.3 Å². The Morgan fingerprint density at radius 2 is 2.29 bits per heavy atom. The molecular formula is C15H16N4O2. The lowest BCUT2D eigenvalue weighted by Gasteiger charge is -2.04. The van der Waals surface area contributed by atoms with E-state index in [1.165, 1.54) is 4.68 Å². The molecule has 0 saturated carbocycles. The largest absolute Gasteiger partial charge is 0.395 e. The molecule has 2 N–H and O–H groups in total. The predicted octanol–water partition coefficient (Wildman–Crippen LogP) is 1.11. The molecule has 2 heterocycles. The van der Waals surface area contributed by atoms with Crippen molar-refractivity contribution in [3.63, 3.8) is 0 Å². The summed E-state index contributed by atoms with van der Waals surface area (Å²) in [6.07, 6.45) is 0.395. The summed E-state index contributed by atoms with van der Waals surface area (Å²) in [6.45, 7) is 1.84. The fraction of sp³-hybridized carbons (Fsp3) is 0.267. The Kier molecular flexibility index (Phi) is 4.69. The smallest absolute Gasteiger partial charge is 0.275 e. The van der Waals surface area contributed by atoms with Gasteiger partial charge in [-0.05, 0) is 31.0 Å². The van der Waals surface area contributed by atoms with Crippen LogP contribution in [0.25, 0.3) is 0 Å². The third-order valence-electron chi connectivity index (χ3n) is 2.68. The van der Waals surface area contributed by atoms with Crippen molar-refractivity contribution in [1.29, 1.82) is 0 Å². The van der Waals surface area contributed by atoms with E-state index in [9.17, 15) is 4.79 Å². The summed E-state index contributed by atoms with van der Waals surface area (Å²) in [7, 11) is 1.71. The Morgan fingerprint density at radius 3 is 2.95 bits per heavy atom. The fourth-order valence-corrected chi connectivity index (χ4v) is 1.79. The van der Waals surface area contributed by atoms with E-state index in [4.69, 9.17) is 5.11 Å². The van der Waals surface area contributed by atoms with E-state index >= 15 is 0 Å². The third-order valence-corrected chi connectivity index (χ3v) is 2.68. The Labute approximate surface area is 122 Å². The number of aliphatic hydroxyl groups excluding tert-OH is 1. The van der Waals surface area contributed by atoms with Crippen molar-refractivity contribution in [3.8, 4) is 11.8 Å². The average molecular weight is 284 g/mol. The minimum Gasteiger partial charge on any atom is -0.395 e. The molecule has 0 fully saturated rings. The summed E-state index contributed by atoms with van der Waals surface area (Å²) >= 11 is 0. The summed E-state index contributed by atoms with van der Waals surface area (Å²) in [6, 6.07) is 6.91. The molecule has 0 radical (unpaired) electrons. The molecule has 0 unspecified atom stereocenters. The van der Waals surface area contributed by atoms with Crippen LogP contribution in [0, 0.1) is 18.8 Å². The molecule has 1 amide bonds. The number of carbonyl (C=O) groups excluding carboxylic acids is 1. The molecule has 0 aliphatic carbocycles. The van der Waals surface area contributed by atoms with Crippen LogP contribution < -0.4 is 5.32 Å². The molecule has 2 aromatic heterocycles. The van der Waals surface area contributed by atoms with Gasteiger partial charge >= 0.3 is 0 Å². The SMILES string of the molecule is Cc1cc(C(=O)Nc2cccc(C#CCCO)n2)n(C)n1. The number of rotatable bonds is 3. The zero-order chi connectivity index (χ0) is 15.2. The highest BCUT2D eigenvalue weighted by Gasteiger charge is 2.12. The first kappa shape index (κ1) is 14.8. The molecule has 6 nitrogen and oxygen atoms in total. The normalized spacial score (nSPS) is 9.86. The maximum Gasteiger partial charge on any atom is 0.275 e. The second-order valence-corrected chi connectivity index (χ2v) is 4.43. The molecule has 0 aliphatic heterocycles. The third kappa shape index (κ3) is 3.91. The Bertz CT molecular complexity index is 710. The van der Waals surface area contributed by atoms with E-state index in [2.05, 4.69) is 27.2 Å². The fourth-order valence-electron chi connectivity index (χ4n) is 1.79. The topological polar surface area (TPSA) is 80.0 Å². The van der Waals surface area contributed by atoms with Gasteiger partial charge in [0.2, 0.25) is 0 Å². The van der Waals surface area contributed by atoms with E-state index in [1.54, 1.807) is 31.3 Å². The van der Waals surface area contributed by atoms with Crippen molar-refractivity contribution in [3.05, 3.63) is 41.3 Å². The maximum atomic E-state index is 12.1. The van der Waals surface area contributed by atoms with Gasteiger partial charge in [0, 0.05) is 13.5 Å². The van der Waals surface area contributed by atoms with Crippen LogP contribution in [0.2, 0.25) is 0 Å². The van der Waals surface area contributed by atoms with Gasteiger partial charge < -0.3 is 10.4 Å². The quantitative estimate of drug-likeness (QED) is 0.827. The summed E-state index contributed by atoms with van der Waals surface area (Å²) in [5.41, 5.74) is 1.78. The van der Waals surface area contributed by atoms with Crippen LogP contribution in [-0.4, -0.2) is 32.4 Å². The summed E-state index contributed by atoms with van der Waals surface area (Å²) in [5, 5.41) is 15.5. The number of hydrogen-bond donors (Lipinski definition) is 2. The Balaban J connectivity index is 2.13. The monoisotopic (exact) mass is 284 g/mol. The van der Waals surface area contributed by atoms with Crippen LogP contribution in [0.3, 0.4) is 0 Å². The Hall–Kier alpha value is -2.65. The number of anilines is 1. The highest BCUT2D eigenvalue weighted by Crippen LogP contribution is 2.08. The first-order valence-electron chi connectivity index (χ1n) is 6.49. The number of nitrogens with one attached hydrogen (secondary N) is 1.